The lowest BCUT2D eigenvalue weighted by molar-refractivity contribution is -0.128. The number of halogens is 1. The molecule has 4 aliphatic rings. The zero-order chi connectivity index (χ0) is 23.9. The minimum Gasteiger partial charge on any atom is -0.325 e. The van der Waals surface area contributed by atoms with Gasteiger partial charge in [-0.2, -0.15) is 0 Å². The van der Waals surface area contributed by atoms with Gasteiger partial charge in [-0.1, -0.05) is 64.5 Å². The number of anilines is 2. The van der Waals surface area contributed by atoms with Crippen LogP contribution in [0.5, 0.6) is 0 Å². The van der Waals surface area contributed by atoms with Gasteiger partial charge in [0.05, 0.1) is 5.92 Å². The van der Waals surface area contributed by atoms with Crippen LogP contribution in [0.3, 0.4) is 0 Å². The van der Waals surface area contributed by atoms with Crippen LogP contribution in [0.4, 0.5) is 11.4 Å². The summed E-state index contributed by atoms with van der Waals surface area (Å²) < 4.78 is 0.860. The highest BCUT2D eigenvalue weighted by atomic mass is 79.9. The Kier molecular flexibility index (Phi) is 4.28. The van der Waals surface area contributed by atoms with Gasteiger partial charge in [0.15, 0.2) is 5.78 Å². The first kappa shape index (κ1) is 21.0. The molecule has 174 valence electrons. The van der Waals surface area contributed by atoms with Gasteiger partial charge in [-0.15, -0.1) is 0 Å². The fraction of sp³-hybridized carbons (Fsp3) is 0.250. The summed E-state index contributed by atoms with van der Waals surface area (Å²) >= 11 is 3.45. The lowest BCUT2D eigenvalue weighted by atomic mass is 9.60. The largest absolute Gasteiger partial charge is 0.325 e. The summed E-state index contributed by atoms with van der Waals surface area (Å²) in [6.45, 7) is 0.647. The van der Waals surface area contributed by atoms with Crippen LogP contribution in [0.15, 0.2) is 77.3 Å². The number of hydrogen-bond donors (Lipinski definition) is 2. The summed E-state index contributed by atoms with van der Waals surface area (Å²) in [6, 6.07) is 22.2. The molecular weight excluding hydrogens is 506 g/mol. The molecule has 0 unspecified atom stereocenters. The molecule has 0 aromatic heterocycles. The minimum atomic E-state index is -1.27. The second-order valence-electron chi connectivity index (χ2n) is 9.79. The number of nitrogens with zero attached hydrogens (tertiary/aromatic N) is 1. The van der Waals surface area contributed by atoms with Crippen LogP contribution < -0.4 is 10.6 Å². The minimum absolute atomic E-state index is 0.189. The number of hydrogen-bond acceptors (Lipinski definition) is 4. The Morgan fingerprint density at radius 1 is 0.857 bits per heavy atom. The Bertz CT molecular complexity index is 1360. The smallest absolute Gasteiger partial charge is 0.250 e. The molecule has 6 nitrogen and oxygen atoms in total. The van der Waals surface area contributed by atoms with Crippen molar-refractivity contribution in [2.75, 3.05) is 17.2 Å². The van der Waals surface area contributed by atoms with Gasteiger partial charge >= 0.3 is 0 Å². The number of rotatable bonds is 2. The van der Waals surface area contributed by atoms with Crippen molar-refractivity contribution in [3.05, 3.63) is 94.0 Å². The van der Waals surface area contributed by atoms with E-state index >= 15 is 0 Å². The zero-order valence-electron chi connectivity index (χ0n) is 18.8. The van der Waals surface area contributed by atoms with Crippen LogP contribution in [0.25, 0.3) is 0 Å². The molecule has 0 aliphatic carbocycles. The van der Waals surface area contributed by atoms with Gasteiger partial charge in [-0.3, -0.25) is 19.3 Å². The summed E-state index contributed by atoms with van der Waals surface area (Å²) in [4.78, 5) is 45.0. The van der Waals surface area contributed by atoms with Crippen molar-refractivity contribution in [3.8, 4) is 0 Å². The molecule has 7 heteroatoms. The third-order valence-corrected chi connectivity index (χ3v) is 8.95. The molecule has 0 bridgehead atoms. The van der Waals surface area contributed by atoms with Gasteiger partial charge in [0.1, 0.15) is 11.0 Å². The van der Waals surface area contributed by atoms with Crippen LogP contribution in [-0.2, 0) is 20.5 Å². The number of fused-ring (bicyclic) bond motifs is 7. The van der Waals surface area contributed by atoms with E-state index in [0.29, 0.717) is 17.8 Å². The summed E-state index contributed by atoms with van der Waals surface area (Å²) in [5, 5.41) is 6.14. The van der Waals surface area contributed by atoms with Crippen LogP contribution in [-0.4, -0.2) is 35.1 Å². The van der Waals surface area contributed by atoms with E-state index in [-0.39, 0.29) is 23.6 Å². The molecule has 2 spiro atoms. The SMILES string of the molecule is O=C(c1ccc(Br)cc1)[C@H]1[C@@]2(C(=O)Nc3ccccc32)[C@H]2CCCN2[C@@]12C(=O)Nc1ccccc12. The second-order valence-corrected chi connectivity index (χ2v) is 10.7. The van der Waals surface area contributed by atoms with E-state index in [9.17, 15) is 14.4 Å². The van der Waals surface area contributed by atoms with Crippen molar-refractivity contribution in [2.24, 2.45) is 5.92 Å². The highest BCUT2D eigenvalue weighted by Gasteiger charge is 2.78. The number of benzene rings is 3. The highest BCUT2D eigenvalue weighted by molar-refractivity contribution is 9.10. The Balaban J connectivity index is 1.58. The van der Waals surface area contributed by atoms with E-state index < -0.39 is 16.9 Å². The molecule has 2 fully saturated rings. The summed E-state index contributed by atoms with van der Waals surface area (Å²) in [6.07, 6.45) is 1.60. The van der Waals surface area contributed by atoms with Crippen LogP contribution >= 0.6 is 15.9 Å². The maximum Gasteiger partial charge on any atom is 0.250 e. The number of nitrogens with one attached hydrogen (secondary N) is 2. The van der Waals surface area contributed by atoms with E-state index in [1.807, 2.05) is 60.7 Å². The standard InChI is InChI=1S/C28H22BrN3O3/c29-17-13-11-16(12-14-17)23(33)24-27(18-6-1-3-8-20(18)30-25(27)34)22-10-5-15-32(22)28(24)19-7-2-4-9-21(19)31-26(28)35/h1-4,6-9,11-14,22,24H,5,10,15H2,(H,30,34)(H,31,35)/t22-,24+,27+,28-/m1/s1. The molecule has 7 rings (SSSR count). The van der Waals surface area contributed by atoms with E-state index in [1.165, 1.54) is 0 Å². The van der Waals surface area contributed by atoms with Crippen molar-refractivity contribution >= 4 is 44.9 Å². The van der Waals surface area contributed by atoms with Crippen LogP contribution in [0.2, 0.25) is 0 Å². The molecule has 2 amide bonds. The molecule has 0 radical (unpaired) electrons. The van der Waals surface area contributed by atoms with E-state index in [1.54, 1.807) is 12.1 Å². The predicted octanol–water partition coefficient (Wildman–Crippen LogP) is 4.46. The Morgan fingerprint density at radius 3 is 2.23 bits per heavy atom. The van der Waals surface area contributed by atoms with Gasteiger partial charge in [-0.25, -0.2) is 0 Å². The average Bonchev–Trinajstić information content (AvgIpc) is 3.58. The topological polar surface area (TPSA) is 78.5 Å². The van der Waals surface area contributed by atoms with Crippen LogP contribution in [0, 0.1) is 5.92 Å². The predicted molar refractivity (Wildman–Crippen MR) is 135 cm³/mol. The Hall–Kier alpha value is -3.29. The van der Waals surface area contributed by atoms with E-state index in [4.69, 9.17) is 0 Å². The molecule has 35 heavy (non-hydrogen) atoms. The third-order valence-electron chi connectivity index (χ3n) is 8.42. The van der Waals surface area contributed by atoms with Crippen molar-refractivity contribution in [1.29, 1.82) is 0 Å². The normalized spacial score (nSPS) is 30.3. The van der Waals surface area contributed by atoms with E-state index in [0.717, 1.165) is 34.1 Å². The molecule has 0 saturated carbocycles. The lowest BCUT2D eigenvalue weighted by Gasteiger charge is -2.38. The van der Waals surface area contributed by atoms with Crippen molar-refractivity contribution < 1.29 is 14.4 Å². The van der Waals surface area contributed by atoms with Crippen molar-refractivity contribution in [2.45, 2.75) is 29.8 Å². The van der Waals surface area contributed by atoms with Crippen molar-refractivity contribution in [3.63, 3.8) is 0 Å². The maximum absolute atomic E-state index is 14.6. The number of para-hydroxylation sites is 2. The highest BCUT2D eigenvalue weighted by Crippen LogP contribution is 2.66. The Labute approximate surface area is 210 Å². The average molecular weight is 528 g/mol. The number of Topliss-reactive ketones (excluding diaryl/α,β-unsaturated/α-hetero) is 1. The summed E-state index contributed by atoms with van der Waals surface area (Å²) in [7, 11) is 0. The molecule has 2 N–H and O–H groups in total. The molecule has 4 heterocycles. The summed E-state index contributed by atoms with van der Waals surface area (Å²) in [5.41, 5.74) is 1.07. The maximum atomic E-state index is 14.6. The first-order chi connectivity index (χ1) is 17.0. The molecular formula is C28H22BrN3O3. The zero-order valence-corrected chi connectivity index (χ0v) is 20.3. The van der Waals surface area contributed by atoms with Crippen molar-refractivity contribution in [1.82, 2.24) is 4.90 Å². The number of ketones is 1. The van der Waals surface area contributed by atoms with Gasteiger partial charge in [-0.05, 0) is 49.2 Å². The monoisotopic (exact) mass is 527 g/mol. The first-order valence-electron chi connectivity index (χ1n) is 11.9. The Morgan fingerprint density at radius 2 is 1.49 bits per heavy atom. The quantitative estimate of drug-likeness (QED) is 0.482. The third kappa shape index (κ3) is 2.40. The first-order valence-corrected chi connectivity index (χ1v) is 12.7. The molecule has 2 saturated heterocycles. The lowest BCUT2D eigenvalue weighted by Crippen LogP contribution is -2.55. The fourth-order valence-electron chi connectivity index (χ4n) is 7.28. The molecule has 4 atom stereocenters. The molecule has 3 aromatic carbocycles. The fourth-order valence-corrected chi connectivity index (χ4v) is 7.55. The van der Waals surface area contributed by atoms with E-state index in [2.05, 4.69) is 31.5 Å². The van der Waals surface area contributed by atoms with Gasteiger partial charge in [0, 0.05) is 33.0 Å². The van der Waals surface area contributed by atoms with Gasteiger partial charge in [0.2, 0.25) is 11.8 Å². The number of carbonyl (C=O) groups excluding carboxylic acids is 3. The number of carbonyl (C=O) groups is 3. The number of amides is 2. The molecule has 4 aliphatic heterocycles. The summed E-state index contributed by atoms with van der Waals surface area (Å²) in [5.74, 6) is -1.53. The van der Waals surface area contributed by atoms with Gasteiger partial charge in [0.25, 0.3) is 0 Å². The second kappa shape index (κ2) is 7.12. The van der Waals surface area contributed by atoms with Crippen LogP contribution in [0.1, 0.15) is 34.3 Å². The van der Waals surface area contributed by atoms with Gasteiger partial charge < -0.3 is 10.6 Å². The molecule has 3 aromatic rings.